The van der Waals surface area contributed by atoms with E-state index in [0.717, 1.165) is 17.7 Å². The van der Waals surface area contributed by atoms with Gasteiger partial charge in [0, 0.05) is 17.1 Å². The summed E-state index contributed by atoms with van der Waals surface area (Å²) in [5.41, 5.74) is 21.3. The van der Waals surface area contributed by atoms with Crippen molar-refractivity contribution in [3.63, 3.8) is 0 Å². The van der Waals surface area contributed by atoms with Gasteiger partial charge in [-0.15, -0.1) is 0 Å². The van der Waals surface area contributed by atoms with Crippen LogP contribution in [0.4, 0.5) is 17.1 Å². The monoisotopic (exact) mass is 259 g/mol. The first-order valence-electron chi connectivity index (χ1n) is 5.99. The van der Waals surface area contributed by atoms with Gasteiger partial charge >= 0.3 is 0 Å². The van der Waals surface area contributed by atoms with Crippen molar-refractivity contribution in [3.8, 4) is 0 Å². The third kappa shape index (κ3) is 5.82. The van der Waals surface area contributed by atoms with Crippen LogP contribution in [0.3, 0.4) is 0 Å². The molecule has 0 aliphatic heterocycles. The number of benzene rings is 2. The smallest absolute Gasteiger partial charge is 0.0346 e. The van der Waals surface area contributed by atoms with Crippen LogP contribution >= 0.6 is 0 Å². The van der Waals surface area contributed by atoms with Crippen molar-refractivity contribution in [2.24, 2.45) is 0 Å². The van der Waals surface area contributed by atoms with Gasteiger partial charge in [-0.3, -0.25) is 0 Å². The van der Waals surface area contributed by atoms with Crippen molar-refractivity contribution < 1.29 is 0 Å². The van der Waals surface area contributed by atoms with Crippen LogP contribution in [0.25, 0.3) is 0 Å². The molecule has 0 atom stereocenters. The van der Waals surface area contributed by atoms with E-state index in [9.17, 15) is 0 Å². The highest BCUT2D eigenvalue weighted by atomic mass is 14.6. The number of hydrogen-bond donors (Lipinski definition) is 3. The van der Waals surface area contributed by atoms with Crippen molar-refractivity contribution in [2.45, 2.75) is 27.7 Å². The molecule has 0 saturated heterocycles. The molecule has 0 saturated carbocycles. The fraction of sp³-hybridized carbons (Fsp3) is 0.250. The lowest BCUT2D eigenvalue weighted by atomic mass is 10.1. The molecule has 104 valence electrons. The third-order valence-electron chi connectivity index (χ3n) is 2.66. The van der Waals surface area contributed by atoms with Crippen molar-refractivity contribution in [3.05, 3.63) is 53.6 Å². The van der Waals surface area contributed by atoms with Crippen LogP contribution < -0.4 is 17.2 Å². The Hall–Kier alpha value is -2.16. The number of nitrogens with two attached hydrogens (primary N) is 3. The van der Waals surface area contributed by atoms with Crippen molar-refractivity contribution in [2.75, 3.05) is 17.2 Å². The molecule has 0 fully saturated rings. The number of hydrogen-bond acceptors (Lipinski definition) is 3. The molecule has 19 heavy (non-hydrogen) atoms. The maximum atomic E-state index is 5.70. The second-order valence-electron chi connectivity index (χ2n) is 4.21. The summed E-state index contributed by atoms with van der Waals surface area (Å²) in [4.78, 5) is 0. The molecule has 0 bridgehead atoms. The van der Waals surface area contributed by atoms with Gasteiger partial charge in [-0.1, -0.05) is 32.5 Å². The largest absolute Gasteiger partial charge is 0.399 e. The Morgan fingerprint density at radius 3 is 1.84 bits per heavy atom. The molecule has 0 unspecified atom stereocenters. The van der Waals surface area contributed by atoms with Crippen LogP contribution in [0.15, 0.2) is 42.5 Å². The summed E-state index contributed by atoms with van der Waals surface area (Å²) >= 11 is 0. The van der Waals surface area contributed by atoms with Gasteiger partial charge < -0.3 is 17.2 Å². The Bertz CT molecular complexity index is 490. The quantitative estimate of drug-likeness (QED) is 0.684. The van der Waals surface area contributed by atoms with E-state index < -0.39 is 0 Å². The highest BCUT2D eigenvalue weighted by Crippen LogP contribution is 2.12. The van der Waals surface area contributed by atoms with E-state index in [2.05, 4.69) is 19.1 Å². The molecule has 0 aromatic heterocycles. The van der Waals surface area contributed by atoms with Gasteiger partial charge in [0.15, 0.2) is 0 Å². The van der Waals surface area contributed by atoms with Crippen LogP contribution in [0.2, 0.25) is 0 Å². The van der Waals surface area contributed by atoms with Gasteiger partial charge in [0.2, 0.25) is 0 Å². The molecule has 2 rings (SSSR count). The lowest BCUT2D eigenvalue weighted by molar-refractivity contribution is 1.14. The highest BCUT2D eigenvalue weighted by Gasteiger charge is 1.92. The zero-order chi connectivity index (χ0) is 13.5. The normalized spacial score (nSPS) is 8.95. The zero-order valence-corrected chi connectivity index (χ0v) is 11.0. The van der Waals surface area contributed by atoms with Crippen LogP contribution in [-0.2, 0) is 6.42 Å². The van der Waals surface area contributed by atoms with E-state index in [1.165, 1.54) is 5.56 Å². The van der Waals surface area contributed by atoms with E-state index in [4.69, 9.17) is 17.2 Å². The lowest BCUT2D eigenvalue weighted by Gasteiger charge is -2.01. The number of aryl methyl sites for hydroxylation is 2. The van der Waals surface area contributed by atoms with Gasteiger partial charge in [0.25, 0.3) is 0 Å². The van der Waals surface area contributed by atoms with E-state index in [1.54, 1.807) is 18.2 Å². The highest BCUT2D eigenvalue weighted by molar-refractivity contribution is 5.50. The summed E-state index contributed by atoms with van der Waals surface area (Å²) in [6.07, 6.45) is 1.06. The fourth-order valence-electron chi connectivity index (χ4n) is 1.47. The molecule has 2 aromatic rings. The summed E-state index contributed by atoms with van der Waals surface area (Å²) in [5.74, 6) is 0. The van der Waals surface area contributed by atoms with Gasteiger partial charge in [0.05, 0.1) is 0 Å². The van der Waals surface area contributed by atoms with Gasteiger partial charge in [-0.05, 0) is 48.7 Å². The predicted molar refractivity (Wildman–Crippen MR) is 87.0 cm³/mol. The molecule has 0 heterocycles. The average molecular weight is 259 g/mol. The minimum atomic E-state index is 0. The first-order chi connectivity index (χ1) is 8.52. The summed E-state index contributed by atoms with van der Waals surface area (Å²) in [6.45, 7) is 4.15. The summed E-state index contributed by atoms with van der Waals surface area (Å²) in [7, 11) is 0. The van der Waals surface area contributed by atoms with Gasteiger partial charge in [-0.2, -0.15) is 0 Å². The van der Waals surface area contributed by atoms with Crippen LogP contribution in [0.5, 0.6) is 0 Å². The average Bonchev–Trinajstić information content (AvgIpc) is 2.33. The maximum Gasteiger partial charge on any atom is 0.0346 e. The Kier molecular flexibility index (Phi) is 7.12. The zero-order valence-electron chi connectivity index (χ0n) is 11.0. The molecule has 3 nitrogen and oxygen atoms in total. The molecule has 6 N–H and O–H groups in total. The Morgan fingerprint density at radius 2 is 1.47 bits per heavy atom. The Balaban J connectivity index is 0.000000331. The number of rotatable bonds is 1. The molecule has 0 amide bonds. The number of anilines is 3. The molecule has 2 aromatic carbocycles. The lowest BCUT2D eigenvalue weighted by Crippen LogP contribution is -1.90. The summed E-state index contributed by atoms with van der Waals surface area (Å²) in [5, 5.41) is 0. The Labute approximate surface area is 116 Å². The minimum absolute atomic E-state index is 0. The van der Waals surface area contributed by atoms with E-state index in [0.29, 0.717) is 11.4 Å². The summed E-state index contributed by atoms with van der Waals surface area (Å²) in [6, 6.07) is 13.4. The molecule has 0 spiro atoms. The molecule has 3 heteroatoms. The van der Waals surface area contributed by atoms with Crippen LogP contribution in [-0.4, -0.2) is 0 Å². The molecular formula is C16H25N3. The topological polar surface area (TPSA) is 78.1 Å². The number of nitrogen functional groups attached to an aromatic ring is 3. The maximum absolute atomic E-state index is 5.70. The fourth-order valence-corrected chi connectivity index (χ4v) is 1.47. The predicted octanol–water partition coefficient (Wildman–Crippen LogP) is 3.63. The molecule has 0 aliphatic carbocycles. The molecule has 0 aliphatic rings. The van der Waals surface area contributed by atoms with E-state index in [-0.39, 0.29) is 7.43 Å². The SMILES string of the molecule is C.CCc1ccc(C)c(N)c1.Nc1cccc(N)c1. The standard InChI is InChI=1S/C9H13N.C6H8N2.CH4/c1-3-8-5-4-7(2)9(10)6-8;7-5-2-1-3-6(8)4-5;/h4-6H,3,10H2,1-2H3;1-4H,7-8H2;1H4. The van der Waals surface area contributed by atoms with E-state index >= 15 is 0 Å². The van der Waals surface area contributed by atoms with E-state index in [1.807, 2.05) is 19.1 Å². The minimum Gasteiger partial charge on any atom is -0.399 e. The van der Waals surface area contributed by atoms with Crippen molar-refractivity contribution >= 4 is 17.1 Å². The first kappa shape index (κ1) is 16.8. The van der Waals surface area contributed by atoms with Crippen molar-refractivity contribution in [1.82, 2.24) is 0 Å². The molecule has 0 radical (unpaired) electrons. The van der Waals surface area contributed by atoms with Crippen LogP contribution in [0.1, 0.15) is 25.5 Å². The Morgan fingerprint density at radius 1 is 0.895 bits per heavy atom. The van der Waals surface area contributed by atoms with Gasteiger partial charge in [0.1, 0.15) is 0 Å². The third-order valence-corrected chi connectivity index (χ3v) is 2.66. The molecular weight excluding hydrogens is 234 g/mol. The second-order valence-corrected chi connectivity index (χ2v) is 4.21. The second kappa shape index (κ2) is 8.03. The van der Waals surface area contributed by atoms with Crippen LogP contribution in [0, 0.1) is 6.92 Å². The van der Waals surface area contributed by atoms with Crippen molar-refractivity contribution in [1.29, 1.82) is 0 Å². The first-order valence-corrected chi connectivity index (χ1v) is 5.99. The summed E-state index contributed by atoms with van der Waals surface area (Å²) < 4.78 is 0. The van der Waals surface area contributed by atoms with Gasteiger partial charge in [-0.25, -0.2) is 0 Å².